The van der Waals surface area contributed by atoms with Crippen molar-refractivity contribution in [3.05, 3.63) is 0 Å². The maximum Gasteiger partial charge on any atom is 0.217 e. The molecule has 0 aliphatic heterocycles. The van der Waals surface area contributed by atoms with E-state index in [-0.39, 0.29) is 6.04 Å². The van der Waals surface area contributed by atoms with E-state index in [1.54, 1.807) is 13.2 Å². The molecule has 1 atom stereocenters. The Morgan fingerprint density at radius 2 is 1.80 bits per heavy atom. The summed E-state index contributed by atoms with van der Waals surface area (Å²) in [5.74, 6) is 0. The molecule has 0 saturated heterocycles. The molecule has 0 aromatic carbocycles. The van der Waals surface area contributed by atoms with Gasteiger partial charge in [-0.1, -0.05) is 19.3 Å². The lowest BCUT2D eigenvalue weighted by atomic mass is 9.95. The van der Waals surface area contributed by atoms with Crippen molar-refractivity contribution in [2.75, 3.05) is 6.26 Å². The fourth-order valence-corrected chi connectivity index (χ4v) is 3.63. The van der Waals surface area contributed by atoms with Crippen molar-refractivity contribution in [1.82, 2.24) is 4.31 Å². The molecular formula is C10H18NO3S. The summed E-state index contributed by atoms with van der Waals surface area (Å²) in [6.07, 6.45) is 7.90. The molecule has 1 fully saturated rings. The van der Waals surface area contributed by atoms with Crippen LogP contribution in [0.4, 0.5) is 0 Å². The summed E-state index contributed by atoms with van der Waals surface area (Å²) in [6.45, 7) is 1.59. The summed E-state index contributed by atoms with van der Waals surface area (Å²) in [7, 11) is -3.31. The molecule has 0 spiro atoms. The first-order valence-electron chi connectivity index (χ1n) is 5.33. The molecule has 0 amide bonds. The molecule has 4 nitrogen and oxygen atoms in total. The number of sulfonamides is 1. The van der Waals surface area contributed by atoms with Crippen molar-refractivity contribution in [2.45, 2.75) is 51.1 Å². The van der Waals surface area contributed by atoms with Crippen LogP contribution >= 0.6 is 0 Å². The van der Waals surface area contributed by atoms with Crippen molar-refractivity contribution >= 4 is 16.3 Å². The van der Waals surface area contributed by atoms with Crippen LogP contribution in [0.5, 0.6) is 0 Å². The molecule has 0 bridgehead atoms. The maximum absolute atomic E-state index is 11.6. The Balaban J connectivity index is 2.84. The molecule has 87 valence electrons. The Morgan fingerprint density at radius 3 is 2.20 bits per heavy atom. The van der Waals surface area contributed by atoms with Gasteiger partial charge in [-0.25, -0.2) is 8.42 Å². The molecule has 15 heavy (non-hydrogen) atoms. The third-order valence-corrected chi connectivity index (χ3v) is 4.25. The lowest BCUT2D eigenvalue weighted by molar-refractivity contribution is 0.238. The lowest BCUT2D eigenvalue weighted by Crippen LogP contribution is -2.46. The topological polar surface area (TPSA) is 54.5 Å². The first kappa shape index (κ1) is 12.6. The molecule has 1 radical (unpaired) electrons. The first-order chi connectivity index (χ1) is 6.96. The van der Waals surface area contributed by atoms with Crippen LogP contribution < -0.4 is 0 Å². The second-order valence-corrected chi connectivity index (χ2v) is 6.07. The van der Waals surface area contributed by atoms with Gasteiger partial charge in [-0.15, -0.1) is 0 Å². The van der Waals surface area contributed by atoms with Gasteiger partial charge in [-0.2, -0.15) is 4.31 Å². The summed E-state index contributed by atoms with van der Waals surface area (Å²) in [5, 5.41) is 0. The highest BCUT2D eigenvalue weighted by molar-refractivity contribution is 7.88. The third-order valence-electron chi connectivity index (χ3n) is 2.87. The Morgan fingerprint density at radius 1 is 1.27 bits per heavy atom. The van der Waals surface area contributed by atoms with Crippen LogP contribution in [0, 0.1) is 0 Å². The predicted molar refractivity (Wildman–Crippen MR) is 58.7 cm³/mol. The van der Waals surface area contributed by atoms with Crippen molar-refractivity contribution in [2.24, 2.45) is 0 Å². The SMILES string of the molecule is C[C@H]([C]=O)N(C1CCCCC1)S(C)(=O)=O. The number of rotatable bonds is 4. The highest BCUT2D eigenvalue weighted by atomic mass is 32.2. The molecule has 1 rings (SSSR count). The first-order valence-corrected chi connectivity index (χ1v) is 7.18. The van der Waals surface area contributed by atoms with Crippen LogP contribution in [-0.2, 0) is 14.8 Å². The monoisotopic (exact) mass is 232 g/mol. The van der Waals surface area contributed by atoms with E-state index in [1.165, 1.54) is 4.31 Å². The van der Waals surface area contributed by atoms with E-state index in [4.69, 9.17) is 0 Å². The summed E-state index contributed by atoms with van der Waals surface area (Å²) < 4.78 is 24.5. The normalized spacial score (nSPS) is 21.5. The zero-order valence-corrected chi connectivity index (χ0v) is 10.1. The molecule has 0 N–H and O–H groups in total. The second kappa shape index (κ2) is 5.07. The molecule has 0 unspecified atom stereocenters. The fraction of sp³-hybridized carbons (Fsp3) is 0.900. The minimum absolute atomic E-state index is 0.00907. The van der Waals surface area contributed by atoms with E-state index in [1.807, 2.05) is 0 Å². The Hall–Kier alpha value is -0.420. The molecule has 1 aliphatic carbocycles. The lowest BCUT2D eigenvalue weighted by Gasteiger charge is -2.34. The largest absolute Gasteiger partial charge is 0.289 e. The zero-order valence-electron chi connectivity index (χ0n) is 9.27. The summed E-state index contributed by atoms with van der Waals surface area (Å²) in [4.78, 5) is 10.6. The smallest absolute Gasteiger partial charge is 0.217 e. The van der Waals surface area contributed by atoms with E-state index in [0.29, 0.717) is 0 Å². The molecule has 0 aromatic rings. The number of carbonyl (C=O) groups excluding carboxylic acids is 1. The van der Waals surface area contributed by atoms with Gasteiger partial charge in [0.15, 0.2) is 0 Å². The van der Waals surface area contributed by atoms with Gasteiger partial charge in [0.2, 0.25) is 16.3 Å². The van der Waals surface area contributed by atoms with Crippen molar-refractivity contribution < 1.29 is 13.2 Å². The van der Waals surface area contributed by atoms with E-state index >= 15 is 0 Å². The van der Waals surface area contributed by atoms with Crippen molar-refractivity contribution in [3.8, 4) is 0 Å². The zero-order chi connectivity index (χ0) is 11.5. The van der Waals surface area contributed by atoms with Gasteiger partial charge in [0.1, 0.15) is 0 Å². The maximum atomic E-state index is 11.6. The fourth-order valence-electron chi connectivity index (χ4n) is 2.26. The number of hydrogen-bond acceptors (Lipinski definition) is 3. The van der Waals surface area contributed by atoms with Gasteiger partial charge in [0.05, 0.1) is 12.3 Å². The van der Waals surface area contributed by atoms with Gasteiger partial charge in [-0.05, 0) is 19.8 Å². The van der Waals surface area contributed by atoms with Gasteiger partial charge < -0.3 is 0 Å². The van der Waals surface area contributed by atoms with E-state index < -0.39 is 16.1 Å². The second-order valence-electron chi connectivity index (χ2n) is 4.18. The summed E-state index contributed by atoms with van der Waals surface area (Å²) in [5.41, 5.74) is 0. The predicted octanol–water partition coefficient (Wildman–Crippen LogP) is 1.08. The average Bonchev–Trinajstić information content (AvgIpc) is 2.17. The van der Waals surface area contributed by atoms with Gasteiger partial charge in [-0.3, -0.25) is 4.79 Å². The van der Waals surface area contributed by atoms with E-state index in [2.05, 4.69) is 0 Å². The quantitative estimate of drug-likeness (QED) is 0.728. The average molecular weight is 232 g/mol. The highest BCUT2D eigenvalue weighted by Gasteiger charge is 2.32. The molecule has 0 aromatic heterocycles. The highest BCUT2D eigenvalue weighted by Crippen LogP contribution is 2.25. The molecular weight excluding hydrogens is 214 g/mol. The Bertz CT molecular complexity index is 307. The number of hydrogen-bond donors (Lipinski definition) is 0. The van der Waals surface area contributed by atoms with Crippen molar-refractivity contribution in [3.63, 3.8) is 0 Å². The van der Waals surface area contributed by atoms with Crippen LogP contribution in [0.15, 0.2) is 0 Å². The molecule has 0 heterocycles. The van der Waals surface area contributed by atoms with Gasteiger partial charge in [0.25, 0.3) is 0 Å². The summed E-state index contributed by atoms with van der Waals surface area (Å²) >= 11 is 0. The molecule has 1 saturated carbocycles. The van der Waals surface area contributed by atoms with E-state index in [9.17, 15) is 13.2 Å². The standard InChI is InChI=1S/C10H18NO3S/c1-9(8-12)11(15(2,13)14)10-6-4-3-5-7-10/h9-10H,3-7H2,1-2H3/t9-/m1/s1. The third kappa shape index (κ3) is 3.28. The Labute approximate surface area is 91.7 Å². The number of nitrogens with zero attached hydrogens (tertiary/aromatic N) is 1. The van der Waals surface area contributed by atoms with Crippen LogP contribution in [0.1, 0.15) is 39.0 Å². The Kier molecular flexibility index (Phi) is 4.28. The van der Waals surface area contributed by atoms with Gasteiger partial charge >= 0.3 is 0 Å². The van der Waals surface area contributed by atoms with Crippen LogP contribution in [0.2, 0.25) is 0 Å². The van der Waals surface area contributed by atoms with Crippen LogP contribution in [0.3, 0.4) is 0 Å². The molecule has 5 heteroatoms. The summed E-state index contributed by atoms with van der Waals surface area (Å²) in [6, 6.07) is -0.673. The van der Waals surface area contributed by atoms with Gasteiger partial charge in [0, 0.05) is 6.04 Å². The molecule has 1 aliphatic rings. The van der Waals surface area contributed by atoms with Crippen LogP contribution in [-0.4, -0.2) is 37.3 Å². The van der Waals surface area contributed by atoms with Crippen LogP contribution in [0.25, 0.3) is 0 Å². The van der Waals surface area contributed by atoms with Crippen molar-refractivity contribution in [1.29, 1.82) is 0 Å². The minimum atomic E-state index is -3.31. The minimum Gasteiger partial charge on any atom is -0.289 e. The van der Waals surface area contributed by atoms with E-state index in [0.717, 1.165) is 38.4 Å².